The van der Waals surface area contributed by atoms with E-state index in [1.54, 1.807) is 0 Å². The summed E-state index contributed by atoms with van der Waals surface area (Å²) in [5, 5.41) is -2.31. The number of aromatic nitrogens is 2. The summed E-state index contributed by atoms with van der Waals surface area (Å²) in [5.74, 6) is -2.68. The molecule has 28 heavy (non-hydrogen) atoms. The number of hydrogen-bond acceptors (Lipinski definition) is 6. The average Bonchev–Trinajstić information content (AvgIpc) is 3.07. The van der Waals surface area contributed by atoms with Crippen molar-refractivity contribution >= 4 is 14.9 Å². The number of ether oxygens (including phenoxy) is 1. The first-order chi connectivity index (χ1) is 12.7. The van der Waals surface area contributed by atoms with Gasteiger partial charge in [0.25, 0.3) is 9.84 Å². The fourth-order valence-corrected chi connectivity index (χ4v) is 3.39. The molecule has 0 aliphatic carbocycles. The quantitative estimate of drug-likeness (QED) is 0.668. The second-order valence-electron chi connectivity index (χ2n) is 5.12. The zero-order valence-corrected chi connectivity index (χ0v) is 14.5. The SMILES string of the molecule is C/C=C1\ON=C(S(=O)(=O)C(F)(F)c2c(C(F)(F)F)nn(C)c2OC(F)F)C1F. The molecule has 158 valence electrons. The monoisotopic (exact) mass is 443 g/mol. The molecular weight excluding hydrogens is 434 g/mol. The van der Waals surface area contributed by atoms with Gasteiger partial charge < -0.3 is 9.57 Å². The van der Waals surface area contributed by atoms with Crippen molar-refractivity contribution < 1.29 is 53.1 Å². The van der Waals surface area contributed by atoms with Gasteiger partial charge in [0, 0.05) is 7.05 Å². The summed E-state index contributed by atoms with van der Waals surface area (Å²) in [6, 6.07) is 0. The molecule has 0 saturated heterocycles. The van der Waals surface area contributed by atoms with E-state index in [1.807, 2.05) is 0 Å². The minimum absolute atomic E-state index is 0.148. The molecule has 0 spiro atoms. The Bertz CT molecular complexity index is 935. The molecule has 0 radical (unpaired) electrons. The summed E-state index contributed by atoms with van der Waals surface area (Å²) < 4.78 is 135. The molecule has 0 N–H and O–H groups in total. The van der Waals surface area contributed by atoms with Gasteiger partial charge >= 0.3 is 18.0 Å². The van der Waals surface area contributed by atoms with Crippen molar-refractivity contribution in [2.75, 3.05) is 0 Å². The lowest BCUT2D eigenvalue weighted by Crippen LogP contribution is -2.37. The fraction of sp³-hybridized carbons (Fsp3) is 0.500. The second kappa shape index (κ2) is 6.89. The molecule has 0 amide bonds. The molecule has 0 saturated carbocycles. The predicted molar refractivity (Wildman–Crippen MR) is 74.8 cm³/mol. The van der Waals surface area contributed by atoms with E-state index in [9.17, 15) is 43.5 Å². The number of sulfone groups is 1. The zero-order valence-electron chi connectivity index (χ0n) is 13.6. The van der Waals surface area contributed by atoms with E-state index in [4.69, 9.17) is 0 Å². The molecule has 2 rings (SSSR count). The van der Waals surface area contributed by atoms with Crippen LogP contribution >= 0.6 is 0 Å². The molecule has 7 nitrogen and oxygen atoms in total. The molecule has 1 aliphatic rings. The molecule has 1 unspecified atom stereocenters. The molecule has 0 fully saturated rings. The van der Waals surface area contributed by atoms with Crippen LogP contribution in [0.1, 0.15) is 18.2 Å². The van der Waals surface area contributed by atoms with Gasteiger partial charge in [0.1, 0.15) is 5.56 Å². The molecule has 0 aromatic carbocycles. The van der Waals surface area contributed by atoms with Gasteiger partial charge in [0.2, 0.25) is 17.1 Å². The van der Waals surface area contributed by atoms with Crippen LogP contribution in [0.5, 0.6) is 5.88 Å². The summed E-state index contributed by atoms with van der Waals surface area (Å²) in [4.78, 5) is 4.21. The lowest BCUT2D eigenvalue weighted by atomic mass is 10.2. The van der Waals surface area contributed by atoms with Crippen LogP contribution in [0.4, 0.5) is 35.1 Å². The lowest BCUT2D eigenvalue weighted by Gasteiger charge is -2.19. The minimum atomic E-state index is -6.31. The number of alkyl halides is 8. The third-order valence-corrected chi connectivity index (χ3v) is 5.07. The first kappa shape index (κ1) is 21.9. The predicted octanol–water partition coefficient (Wildman–Crippen LogP) is 3.09. The Kier molecular flexibility index (Phi) is 5.39. The number of halogens is 8. The number of nitrogens with zero attached hydrogens (tertiary/aromatic N) is 3. The van der Waals surface area contributed by atoms with Crippen molar-refractivity contribution in [1.29, 1.82) is 0 Å². The Balaban J connectivity index is 2.74. The van der Waals surface area contributed by atoms with Crippen LogP contribution in [0.15, 0.2) is 17.0 Å². The third-order valence-electron chi connectivity index (χ3n) is 3.36. The fourth-order valence-electron chi connectivity index (χ4n) is 2.15. The van der Waals surface area contributed by atoms with Gasteiger partial charge in [-0.15, -0.1) is 0 Å². The maximum atomic E-state index is 14.7. The number of oxime groups is 1. The van der Waals surface area contributed by atoms with Crippen molar-refractivity contribution in [1.82, 2.24) is 9.78 Å². The number of rotatable bonds is 4. The summed E-state index contributed by atoms with van der Waals surface area (Å²) in [6.07, 6.45) is -7.69. The molecule has 1 aromatic heterocycles. The van der Waals surface area contributed by atoms with Crippen LogP contribution in [0.2, 0.25) is 0 Å². The standard InChI is InChI=1S/C12H9F8N3O4S/c1-3-4-6(13)8(22-27-4)28(24,25)12(19,20)5-7(11(16,17)18)21-23(2)9(5)26-10(14)15/h3,6,10H,1-2H3/b4-3-. The van der Waals surface area contributed by atoms with E-state index in [0.29, 0.717) is 7.05 Å². The Morgan fingerprint density at radius 2 is 1.82 bits per heavy atom. The first-order valence-electron chi connectivity index (χ1n) is 6.93. The number of aryl methyl sites for hydroxylation is 1. The summed E-state index contributed by atoms with van der Waals surface area (Å²) >= 11 is 0. The normalized spacial score (nSPS) is 19.9. The first-order valence-corrected chi connectivity index (χ1v) is 8.41. The highest BCUT2D eigenvalue weighted by molar-refractivity contribution is 8.07. The summed E-state index contributed by atoms with van der Waals surface area (Å²) in [5.41, 5.74) is -5.05. The average molecular weight is 443 g/mol. The minimum Gasteiger partial charge on any atom is -0.417 e. The Hall–Kier alpha value is -2.39. The molecule has 1 aromatic rings. The highest BCUT2D eigenvalue weighted by atomic mass is 32.2. The van der Waals surface area contributed by atoms with Crippen LogP contribution in [0, 0.1) is 0 Å². The highest BCUT2D eigenvalue weighted by Crippen LogP contribution is 2.48. The maximum absolute atomic E-state index is 14.7. The lowest BCUT2D eigenvalue weighted by molar-refractivity contribution is -0.144. The Morgan fingerprint density at radius 3 is 2.25 bits per heavy atom. The van der Waals surface area contributed by atoms with Crippen molar-refractivity contribution in [3.05, 3.63) is 23.1 Å². The van der Waals surface area contributed by atoms with Gasteiger partial charge in [-0.3, -0.25) is 0 Å². The third kappa shape index (κ3) is 3.40. The topological polar surface area (TPSA) is 82.8 Å². The van der Waals surface area contributed by atoms with Crippen molar-refractivity contribution in [2.24, 2.45) is 12.2 Å². The molecule has 0 bridgehead atoms. The molecule has 16 heteroatoms. The Morgan fingerprint density at radius 1 is 1.25 bits per heavy atom. The molecule has 2 heterocycles. The summed E-state index contributed by atoms with van der Waals surface area (Å²) in [7, 11) is -5.78. The van der Waals surface area contributed by atoms with Crippen LogP contribution in [0.3, 0.4) is 0 Å². The van der Waals surface area contributed by atoms with E-state index in [1.165, 1.54) is 0 Å². The maximum Gasteiger partial charge on any atom is 0.435 e. The van der Waals surface area contributed by atoms with E-state index < -0.39 is 62.0 Å². The molecule has 1 aliphatic heterocycles. The number of hydrogen-bond donors (Lipinski definition) is 0. The largest absolute Gasteiger partial charge is 0.435 e. The highest BCUT2D eigenvalue weighted by Gasteiger charge is 2.61. The van der Waals surface area contributed by atoms with Crippen molar-refractivity contribution in [3.8, 4) is 5.88 Å². The van der Waals surface area contributed by atoms with Gasteiger partial charge in [0.05, 0.1) is 0 Å². The van der Waals surface area contributed by atoms with Crippen LogP contribution in [-0.4, -0.2) is 36.0 Å². The van der Waals surface area contributed by atoms with Crippen molar-refractivity contribution in [3.63, 3.8) is 0 Å². The van der Waals surface area contributed by atoms with E-state index in [0.717, 1.165) is 13.0 Å². The van der Waals surface area contributed by atoms with Gasteiger partial charge in [-0.1, -0.05) is 5.16 Å². The number of allylic oxidation sites excluding steroid dienone is 2. The smallest absolute Gasteiger partial charge is 0.417 e. The van der Waals surface area contributed by atoms with Gasteiger partial charge in [-0.2, -0.15) is 35.8 Å². The van der Waals surface area contributed by atoms with E-state index in [-0.39, 0.29) is 4.68 Å². The van der Waals surface area contributed by atoms with Crippen LogP contribution in [-0.2, 0) is 33.2 Å². The van der Waals surface area contributed by atoms with E-state index in [2.05, 4.69) is 19.8 Å². The van der Waals surface area contributed by atoms with Crippen LogP contribution in [0.25, 0.3) is 0 Å². The van der Waals surface area contributed by atoms with Gasteiger partial charge in [-0.05, 0) is 13.0 Å². The molecule has 1 atom stereocenters. The van der Waals surface area contributed by atoms with E-state index >= 15 is 0 Å². The molecular formula is C12H9F8N3O4S. The summed E-state index contributed by atoms with van der Waals surface area (Å²) in [6.45, 7) is -2.76. The van der Waals surface area contributed by atoms with Gasteiger partial charge in [-0.25, -0.2) is 17.5 Å². The van der Waals surface area contributed by atoms with Crippen LogP contribution < -0.4 is 4.74 Å². The van der Waals surface area contributed by atoms with Gasteiger partial charge in [0.15, 0.2) is 11.5 Å². The van der Waals surface area contributed by atoms with Crippen molar-refractivity contribution in [2.45, 2.75) is 31.1 Å². The second-order valence-corrected chi connectivity index (χ2v) is 7.06. The Labute approximate surface area is 151 Å². The zero-order chi connectivity index (χ0) is 21.7.